The molecule has 26 heavy (non-hydrogen) atoms. The lowest BCUT2D eigenvalue weighted by molar-refractivity contribution is -0.145. The molecule has 0 rings (SSSR count). The van der Waals surface area contributed by atoms with E-state index in [1.807, 2.05) is 0 Å². The van der Waals surface area contributed by atoms with E-state index in [2.05, 4.69) is 16.0 Å². The zero-order valence-electron chi connectivity index (χ0n) is 15.2. The Morgan fingerprint density at radius 1 is 0.885 bits per heavy atom. The van der Waals surface area contributed by atoms with Gasteiger partial charge in [0.05, 0.1) is 18.8 Å². The van der Waals surface area contributed by atoms with E-state index in [1.165, 1.54) is 13.8 Å². The van der Waals surface area contributed by atoms with Crippen molar-refractivity contribution >= 4 is 23.7 Å². The Morgan fingerprint density at radius 3 is 1.81 bits per heavy atom. The molecule has 0 fully saturated rings. The average Bonchev–Trinajstić information content (AvgIpc) is 2.53. The second kappa shape index (κ2) is 10.7. The number of rotatable bonds is 10. The molecule has 11 nitrogen and oxygen atoms in total. The van der Waals surface area contributed by atoms with Gasteiger partial charge >= 0.3 is 5.97 Å². The van der Waals surface area contributed by atoms with E-state index in [-0.39, 0.29) is 0 Å². The highest BCUT2D eigenvalue weighted by atomic mass is 16.4. The fraction of sp³-hybridized carbons (Fsp3) is 0.733. The standard InChI is InChI=1S/C15H28N4O7/c1-6(2)11(14(24)19-12(8(4)21)15(25)26)18-9(22)5-17-13(23)10(16)7(3)20/h6-8,10-12,20-21H,5,16H2,1-4H3,(H,17,23)(H,18,22)(H,19,24)(H,25,26). The number of hydrogen-bond donors (Lipinski definition) is 7. The van der Waals surface area contributed by atoms with E-state index < -0.39 is 66.5 Å². The molecule has 0 aromatic carbocycles. The molecule has 150 valence electrons. The van der Waals surface area contributed by atoms with Crippen LogP contribution >= 0.6 is 0 Å². The van der Waals surface area contributed by atoms with Gasteiger partial charge in [0.2, 0.25) is 17.7 Å². The fourth-order valence-corrected chi connectivity index (χ4v) is 1.90. The van der Waals surface area contributed by atoms with Gasteiger partial charge in [0.15, 0.2) is 6.04 Å². The molecule has 3 amide bonds. The van der Waals surface area contributed by atoms with Gasteiger partial charge < -0.3 is 37.0 Å². The van der Waals surface area contributed by atoms with Gasteiger partial charge in [0.25, 0.3) is 0 Å². The van der Waals surface area contributed by atoms with Gasteiger partial charge in [0.1, 0.15) is 12.1 Å². The van der Waals surface area contributed by atoms with Crippen molar-refractivity contribution in [1.29, 1.82) is 0 Å². The molecule has 11 heteroatoms. The zero-order valence-corrected chi connectivity index (χ0v) is 15.2. The molecule has 0 aliphatic rings. The Kier molecular flexibility index (Phi) is 9.76. The van der Waals surface area contributed by atoms with Crippen LogP contribution in [0.2, 0.25) is 0 Å². The first-order chi connectivity index (χ1) is 11.9. The quantitative estimate of drug-likeness (QED) is 0.208. The largest absolute Gasteiger partial charge is 0.480 e. The maximum atomic E-state index is 12.2. The van der Waals surface area contributed by atoms with Crippen molar-refractivity contribution in [3.8, 4) is 0 Å². The minimum atomic E-state index is -1.52. The molecule has 0 aromatic rings. The van der Waals surface area contributed by atoms with Crippen molar-refractivity contribution in [2.24, 2.45) is 11.7 Å². The SMILES string of the molecule is CC(C)C(NC(=O)CNC(=O)C(N)C(C)O)C(=O)NC(C(=O)O)C(C)O. The Hall–Kier alpha value is -2.24. The number of carbonyl (C=O) groups is 4. The number of amides is 3. The number of nitrogens with two attached hydrogens (primary N) is 1. The zero-order chi connectivity index (χ0) is 20.6. The number of carboxylic acids is 1. The summed E-state index contributed by atoms with van der Waals surface area (Å²) in [6.45, 7) is 5.32. The van der Waals surface area contributed by atoms with Crippen molar-refractivity contribution < 1.29 is 34.5 Å². The molecular formula is C15H28N4O7. The summed E-state index contributed by atoms with van der Waals surface area (Å²) < 4.78 is 0. The average molecular weight is 376 g/mol. The number of carbonyl (C=O) groups excluding carboxylic acids is 3. The normalized spacial score (nSPS) is 16.8. The van der Waals surface area contributed by atoms with Gasteiger partial charge in [-0.15, -0.1) is 0 Å². The third kappa shape index (κ3) is 7.76. The molecule has 0 aromatic heterocycles. The van der Waals surface area contributed by atoms with Crippen LogP contribution in [0, 0.1) is 5.92 Å². The summed E-state index contributed by atoms with van der Waals surface area (Å²) in [6, 6.07) is -3.80. The summed E-state index contributed by atoms with van der Waals surface area (Å²) >= 11 is 0. The first-order valence-electron chi connectivity index (χ1n) is 8.10. The molecule has 5 unspecified atom stereocenters. The number of hydrogen-bond acceptors (Lipinski definition) is 7. The predicted octanol–water partition coefficient (Wildman–Crippen LogP) is -3.10. The molecular weight excluding hydrogens is 348 g/mol. The van der Waals surface area contributed by atoms with Gasteiger partial charge in [-0.2, -0.15) is 0 Å². The summed E-state index contributed by atoms with van der Waals surface area (Å²) in [5.41, 5.74) is 5.42. The van der Waals surface area contributed by atoms with E-state index in [1.54, 1.807) is 13.8 Å². The molecule has 0 saturated heterocycles. The molecule has 0 spiro atoms. The number of aliphatic hydroxyl groups excluding tert-OH is 2. The van der Waals surface area contributed by atoms with Crippen LogP contribution in [-0.4, -0.2) is 75.9 Å². The topological polar surface area (TPSA) is 191 Å². The molecule has 8 N–H and O–H groups in total. The Bertz CT molecular complexity index is 522. The molecule has 0 saturated carbocycles. The number of carboxylic acid groups (broad SMARTS) is 1. The van der Waals surface area contributed by atoms with Crippen molar-refractivity contribution in [2.75, 3.05) is 6.54 Å². The second-order valence-electron chi connectivity index (χ2n) is 6.34. The molecule has 0 radical (unpaired) electrons. The van der Waals surface area contributed by atoms with Crippen molar-refractivity contribution in [3.05, 3.63) is 0 Å². The highest BCUT2D eigenvalue weighted by molar-refractivity contribution is 5.92. The monoisotopic (exact) mass is 376 g/mol. The minimum Gasteiger partial charge on any atom is -0.480 e. The molecule has 5 atom stereocenters. The Labute approximate surface area is 151 Å². The molecule has 0 aliphatic heterocycles. The lowest BCUT2D eigenvalue weighted by Crippen LogP contribution is -2.57. The van der Waals surface area contributed by atoms with Crippen molar-refractivity contribution in [3.63, 3.8) is 0 Å². The van der Waals surface area contributed by atoms with Crippen LogP contribution in [0.15, 0.2) is 0 Å². The van der Waals surface area contributed by atoms with Gasteiger partial charge in [-0.1, -0.05) is 13.8 Å². The van der Waals surface area contributed by atoms with Gasteiger partial charge in [0, 0.05) is 0 Å². The van der Waals surface area contributed by atoms with E-state index in [0.717, 1.165) is 0 Å². The van der Waals surface area contributed by atoms with E-state index in [9.17, 15) is 29.4 Å². The number of aliphatic hydroxyl groups is 2. The van der Waals surface area contributed by atoms with Crippen molar-refractivity contribution in [2.45, 2.75) is 58.0 Å². The lowest BCUT2D eigenvalue weighted by Gasteiger charge is -2.25. The van der Waals surface area contributed by atoms with Crippen LogP contribution in [0.1, 0.15) is 27.7 Å². The smallest absolute Gasteiger partial charge is 0.328 e. The van der Waals surface area contributed by atoms with Crippen LogP contribution in [0.4, 0.5) is 0 Å². The second-order valence-corrected chi connectivity index (χ2v) is 6.34. The van der Waals surface area contributed by atoms with Crippen LogP contribution in [0.3, 0.4) is 0 Å². The summed E-state index contributed by atoms with van der Waals surface area (Å²) in [7, 11) is 0. The van der Waals surface area contributed by atoms with Gasteiger partial charge in [-0.25, -0.2) is 4.79 Å². The molecule has 0 bridgehead atoms. The van der Waals surface area contributed by atoms with Gasteiger partial charge in [-0.05, 0) is 19.8 Å². The van der Waals surface area contributed by atoms with E-state index in [4.69, 9.17) is 10.8 Å². The van der Waals surface area contributed by atoms with E-state index >= 15 is 0 Å². The summed E-state index contributed by atoms with van der Waals surface area (Å²) in [4.78, 5) is 46.8. The number of nitrogens with one attached hydrogen (secondary N) is 3. The first-order valence-corrected chi connectivity index (χ1v) is 8.10. The summed E-state index contributed by atoms with van der Waals surface area (Å²) in [6.07, 6.45) is -2.43. The maximum Gasteiger partial charge on any atom is 0.328 e. The Balaban J connectivity index is 4.81. The van der Waals surface area contributed by atoms with Gasteiger partial charge in [-0.3, -0.25) is 14.4 Å². The van der Waals surface area contributed by atoms with Crippen LogP contribution < -0.4 is 21.7 Å². The third-order valence-corrected chi connectivity index (χ3v) is 3.56. The summed E-state index contributed by atoms with van der Waals surface area (Å²) in [5.74, 6) is -4.03. The van der Waals surface area contributed by atoms with Crippen LogP contribution in [-0.2, 0) is 19.2 Å². The minimum absolute atomic E-state index is 0.391. The fourth-order valence-electron chi connectivity index (χ4n) is 1.90. The number of aliphatic carboxylic acids is 1. The first kappa shape index (κ1) is 23.8. The molecule has 0 aliphatic carbocycles. The van der Waals surface area contributed by atoms with Crippen LogP contribution in [0.5, 0.6) is 0 Å². The van der Waals surface area contributed by atoms with E-state index in [0.29, 0.717) is 0 Å². The predicted molar refractivity (Wildman–Crippen MR) is 90.7 cm³/mol. The lowest BCUT2D eigenvalue weighted by atomic mass is 10.0. The van der Waals surface area contributed by atoms with Crippen molar-refractivity contribution in [1.82, 2.24) is 16.0 Å². The summed E-state index contributed by atoms with van der Waals surface area (Å²) in [5, 5.41) is 34.4. The highest BCUT2D eigenvalue weighted by Gasteiger charge is 2.31. The maximum absolute atomic E-state index is 12.2. The Morgan fingerprint density at radius 2 is 1.42 bits per heavy atom. The highest BCUT2D eigenvalue weighted by Crippen LogP contribution is 2.04. The molecule has 0 heterocycles. The van der Waals surface area contributed by atoms with Crippen LogP contribution in [0.25, 0.3) is 0 Å². The third-order valence-electron chi connectivity index (χ3n) is 3.56.